The summed E-state index contributed by atoms with van der Waals surface area (Å²) >= 11 is 3.37. The number of thiophene rings is 1. The summed E-state index contributed by atoms with van der Waals surface area (Å²) < 4.78 is 1.85. The standard InChI is InChI=1S/C18H19N7S2/c1-13-19-15(12-27-13)10-23-5-7-24(8-6-23)17-3-2-16-20-21-18(25(16)22-17)14-4-9-26-11-14/h2-4,9,11-12H,5-8,10H2,1H3. The average Bonchev–Trinajstić information content (AvgIpc) is 3.42. The molecular formula is C18H19N7S2. The molecule has 27 heavy (non-hydrogen) atoms. The van der Waals surface area contributed by atoms with Gasteiger partial charge in [-0.05, 0) is 30.5 Å². The summed E-state index contributed by atoms with van der Waals surface area (Å²) in [7, 11) is 0. The molecule has 5 rings (SSSR count). The van der Waals surface area contributed by atoms with E-state index in [1.807, 2.05) is 22.0 Å². The predicted molar refractivity (Wildman–Crippen MR) is 108 cm³/mol. The van der Waals surface area contributed by atoms with E-state index in [1.165, 1.54) is 5.69 Å². The van der Waals surface area contributed by atoms with Gasteiger partial charge in [0.15, 0.2) is 11.5 Å². The summed E-state index contributed by atoms with van der Waals surface area (Å²) in [6.07, 6.45) is 0. The van der Waals surface area contributed by atoms with Crippen LogP contribution in [0, 0.1) is 6.92 Å². The number of nitrogens with zero attached hydrogens (tertiary/aromatic N) is 7. The average molecular weight is 398 g/mol. The fourth-order valence-electron chi connectivity index (χ4n) is 3.36. The van der Waals surface area contributed by atoms with Gasteiger partial charge in [-0.15, -0.1) is 26.6 Å². The minimum atomic E-state index is 0.775. The predicted octanol–water partition coefficient (Wildman–Crippen LogP) is 2.94. The number of piperazine rings is 1. The lowest BCUT2D eigenvalue weighted by Crippen LogP contribution is -2.46. The number of rotatable bonds is 4. The maximum absolute atomic E-state index is 4.82. The number of hydrogen-bond acceptors (Lipinski definition) is 8. The Labute approximate surface area is 164 Å². The molecule has 0 aromatic carbocycles. The first-order chi connectivity index (χ1) is 13.3. The number of aryl methyl sites for hydroxylation is 1. The molecule has 0 aliphatic carbocycles. The van der Waals surface area contributed by atoms with Gasteiger partial charge in [0, 0.05) is 49.0 Å². The summed E-state index contributed by atoms with van der Waals surface area (Å²) in [5, 5.41) is 20.8. The van der Waals surface area contributed by atoms with Crippen molar-refractivity contribution in [3.63, 3.8) is 0 Å². The number of aromatic nitrogens is 5. The van der Waals surface area contributed by atoms with Crippen LogP contribution in [0.25, 0.3) is 17.0 Å². The lowest BCUT2D eigenvalue weighted by molar-refractivity contribution is 0.247. The number of hydrogen-bond donors (Lipinski definition) is 0. The maximum atomic E-state index is 4.82. The van der Waals surface area contributed by atoms with Crippen molar-refractivity contribution in [2.24, 2.45) is 0 Å². The largest absolute Gasteiger partial charge is 0.353 e. The Kier molecular flexibility index (Phi) is 4.35. The minimum Gasteiger partial charge on any atom is -0.353 e. The molecule has 138 valence electrons. The van der Waals surface area contributed by atoms with Crippen LogP contribution in [-0.4, -0.2) is 55.9 Å². The number of anilines is 1. The third-order valence-electron chi connectivity index (χ3n) is 4.78. The molecule has 7 nitrogen and oxygen atoms in total. The molecule has 0 N–H and O–H groups in total. The Hall–Kier alpha value is -2.36. The van der Waals surface area contributed by atoms with Crippen molar-refractivity contribution >= 4 is 34.1 Å². The van der Waals surface area contributed by atoms with Crippen molar-refractivity contribution in [1.82, 2.24) is 29.7 Å². The molecule has 0 bridgehead atoms. The van der Waals surface area contributed by atoms with E-state index in [0.29, 0.717) is 0 Å². The van der Waals surface area contributed by atoms with Gasteiger partial charge in [-0.2, -0.15) is 15.9 Å². The van der Waals surface area contributed by atoms with Crippen molar-refractivity contribution < 1.29 is 0 Å². The molecule has 0 radical (unpaired) electrons. The van der Waals surface area contributed by atoms with Crippen molar-refractivity contribution in [1.29, 1.82) is 0 Å². The Bertz CT molecular complexity index is 1040. The van der Waals surface area contributed by atoms with Crippen LogP contribution in [0.15, 0.2) is 34.3 Å². The van der Waals surface area contributed by atoms with E-state index in [1.54, 1.807) is 22.7 Å². The van der Waals surface area contributed by atoms with Gasteiger partial charge >= 0.3 is 0 Å². The second-order valence-corrected chi connectivity index (χ2v) is 8.46. The van der Waals surface area contributed by atoms with E-state index in [-0.39, 0.29) is 0 Å². The smallest absolute Gasteiger partial charge is 0.186 e. The van der Waals surface area contributed by atoms with Gasteiger partial charge in [-0.1, -0.05) is 0 Å². The fraction of sp³-hybridized carbons (Fsp3) is 0.333. The van der Waals surface area contributed by atoms with E-state index >= 15 is 0 Å². The molecular weight excluding hydrogens is 378 g/mol. The maximum Gasteiger partial charge on any atom is 0.186 e. The molecule has 0 amide bonds. The van der Waals surface area contributed by atoms with E-state index < -0.39 is 0 Å². The van der Waals surface area contributed by atoms with Gasteiger partial charge in [-0.3, -0.25) is 4.90 Å². The summed E-state index contributed by atoms with van der Waals surface area (Å²) in [6, 6.07) is 6.09. The summed E-state index contributed by atoms with van der Waals surface area (Å²) in [5.41, 5.74) is 3.01. The molecule has 1 saturated heterocycles. The van der Waals surface area contributed by atoms with Gasteiger partial charge in [-0.25, -0.2) is 4.98 Å². The second kappa shape index (κ2) is 6.99. The van der Waals surface area contributed by atoms with Gasteiger partial charge in [0.1, 0.15) is 5.82 Å². The quantitative estimate of drug-likeness (QED) is 0.528. The first-order valence-corrected chi connectivity index (χ1v) is 10.7. The highest BCUT2D eigenvalue weighted by atomic mass is 32.1. The Balaban J connectivity index is 1.32. The summed E-state index contributed by atoms with van der Waals surface area (Å²) in [4.78, 5) is 9.37. The van der Waals surface area contributed by atoms with Gasteiger partial charge < -0.3 is 4.90 Å². The Morgan fingerprint density at radius 3 is 2.67 bits per heavy atom. The first kappa shape index (κ1) is 16.8. The Morgan fingerprint density at radius 2 is 1.93 bits per heavy atom. The van der Waals surface area contributed by atoms with Crippen LogP contribution in [0.4, 0.5) is 5.82 Å². The van der Waals surface area contributed by atoms with E-state index in [0.717, 1.165) is 60.6 Å². The van der Waals surface area contributed by atoms with Crippen molar-refractivity contribution in [2.75, 3.05) is 31.1 Å². The molecule has 1 aliphatic rings. The number of fused-ring (bicyclic) bond motifs is 1. The molecule has 9 heteroatoms. The third-order valence-corrected chi connectivity index (χ3v) is 6.28. The van der Waals surface area contributed by atoms with E-state index in [4.69, 9.17) is 5.10 Å². The van der Waals surface area contributed by atoms with Gasteiger partial charge in [0.05, 0.1) is 10.7 Å². The lowest BCUT2D eigenvalue weighted by atomic mass is 10.3. The highest BCUT2D eigenvalue weighted by molar-refractivity contribution is 7.09. The zero-order valence-electron chi connectivity index (χ0n) is 14.9. The first-order valence-electron chi connectivity index (χ1n) is 8.89. The fourth-order valence-corrected chi connectivity index (χ4v) is 4.60. The zero-order valence-corrected chi connectivity index (χ0v) is 16.6. The molecule has 0 saturated carbocycles. The molecule has 0 atom stereocenters. The molecule has 0 unspecified atom stereocenters. The molecule has 0 spiro atoms. The highest BCUT2D eigenvalue weighted by Gasteiger charge is 2.20. The summed E-state index contributed by atoms with van der Waals surface area (Å²) in [6.45, 7) is 6.92. The third kappa shape index (κ3) is 3.33. The van der Waals surface area contributed by atoms with Crippen molar-refractivity contribution in [3.8, 4) is 11.4 Å². The lowest BCUT2D eigenvalue weighted by Gasteiger charge is -2.34. The van der Waals surface area contributed by atoms with Crippen LogP contribution < -0.4 is 4.90 Å². The van der Waals surface area contributed by atoms with E-state index in [2.05, 4.69) is 48.7 Å². The monoisotopic (exact) mass is 397 g/mol. The number of thiazole rings is 1. The normalized spacial score (nSPS) is 15.7. The summed E-state index contributed by atoms with van der Waals surface area (Å²) in [5.74, 6) is 1.77. The van der Waals surface area contributed by atoms with Crippen LogP contribution in [0.2, 0.25) is 0 Å². The highest BCUT2D eigenvalue weighted by Crippen LogP contribution is 2.22. The SMILES string of the molecule is Cc1nc(CN2CCN(c3ccc4nnc(-c5ccsc5)n4n3)CC2)cs1. The topological polar surface area (TPSA) is 62.5 Å². The Morgan fingerprint density at radius 1 is 1.04 bits per heavy atom. The van der Waals surface area contributed by atoms with Crippen LogP contribution in [-0.2, 0) is 6.54 Å². The van der Waals surface area contributed by atoms with Gasteiger partial charge in [0.2, 0.25) is 0 Å². The van der Waals surface area contributed by atoms with Crippen LogP contribution in [0.3, 0.4) is 0 Å². The van der Waals surface area contributed by atoms with E-state index in [9.17, 15) is 0 Å². The zero-order chi connectivity index (χ0) is 18.2. The molecule has 1 fully saturated rings. The van der Waals surface area contributed by atoms with Gasteiger partial charge in [0.25, 0.3) is 0 Å². The van der Waals surface area contributed by atoms with Crippen LogP contribution >= 0.6 is 22.7 Å². The van der Waals surface area contributed by atoms with Crippen LogP contribution in [0.1, 0.15) is 10.7 Å². The second-order valence-electron chi connectivity index (χ2n) is 6.62. The van der Waals surface area contributed by atoms with Crippen molar-refractivity contribution in [3.05, 3.63) is 45.0 Å². The molecule has 4 aromatic heterocycles. The van der Waals surface area contributed by atoms with Crippen LogP contribution in [0.5, 0.6) is 0 Å². The molecule has 5 heterocycles. The minimum absolute atomic E-state index is 0.775. The molecule has 1 aliphatic heterocycles. The van der Waals surface area contributed by atoms with Crippen molar-refractivity contribution in [2.45, 2.75) is 13.5 Å². The molecule has 4 aromatic rings.